The van der Waals surface area contributed by atoms with Crippen molar-refractivity contribution in [3.8, 4) is 5.75 Å². The lowest BCUT2D eigenvalue weighted by Gasteiger charge is -2.09. The Labute approximate surface area is 137 Å². The first-order valence-corrected chi connectivity index (χ1v) is 7.82. The lowest BCUT2D eigenvalue weighted by Crippen LogP contribution is -2.27. The summed E-state index contributed by atoms with van der Waals surface area (Å²) in [6.07, 6.45) is 1.65. The van der Waals surface area contributed by atoms with Crippen molar-refractivity contribution in [3.05, 3.63) is 48.3 Å². The number of ether oxygens (including phenoxy) is 1. The van der Waals surface area contributed by atoms with Gasteiger partial charge in [0.05, 0.1) is 18.5 Å². The molecule has 0 saturated carbocycles. The molecular weight excluding hydrogens is 290 g/mol. The molecule has 2 aromatic rings. The number of hydrogen-bond acceptors (Lipinski definition) is 4. The van der Waals surface area contributed by atoms with Gasteiger partial charge < -0.3 is 15.4 Å². The van der Waals surface area contributed by atoms with Gasteiger partial charge in [-0.1, -0.05) is 13.8 Å². The quantitative estimate of drug-likeness (QED) is 0.819. The average Bonchev–Trinajstić information content (AvgIpc) is 2.55. The van der Waals surface area contributed by atoms with E-state index in [2.05, 4.69) is 29.5 Å². The Bertz CT molecular complexity index is 622. The second-order valence-electron chi connectivity index (χ2n) is 5.62. The van der Waals surface area contributed by atoms with Gasteiger partial charge in [-0.15, -0.1) is 0 Å². The van der Waals surface area contributed by atoms with Crippen LogP contribution in [0.15, 0.2) is 42.6 Å². The van der Waals surface area contributed by atoms with Gasteiger partial charge in [-0.2, -0.15) is 0 Å². The molecule has 0 aliphatic heterocycles. The van der Waals surface area contributed by atoms with Crippen LogP contribution in [-0.2, 0) is 0 Å². The maximum absolute atomic E-state index is 11.9. The van der Waals surface area contributed by atoms with Crippen LogP contribution in [0.1, 0.15) is 31.3 Å². The van der Waals surface area contributed by atoms with Crippen molar-refractivity contribution in [3.63, 3.8) is 0 Å². The molecule has 2 rings (SSSR count). The van der Waals surface area contributed by atoms with E-state index in [1.165, 1.54) is 0 Å². The van der Waals surface area contributed by atoms with E-state index < -0.39 is 0 Å². The van der Waals surface area contributed by atoms with Crippen LogP contribution < -0.4 is 15.4 Å². The molecule has 23 heavy (non-hydrogen) atoms. The molecule has 0 fully saturated rings. The van der Waals surface area contributed by atoms with Gasteiger partial charge in [-0.3, -0.25) is 4.79 Å². The van der Waals surface area contributed by atoms with Crippen LogP contribution in [-0.4, -0.2) is 24.0 Å². The molecule has 0 unspecified atom stereocenters. The van der Waals surface area contributed by atoms with Crippen LogP contribution in [0, 0.1) is 5.92 Å². The number of anilines is 2. The molecule has 0 aliphatic carbocycles. The van der Waals surface area contributed by atoms with Gasteiger partial charge in [0.1, 0.15) is 11.4 Å². The van der Waals surface area contributed by atoms with E-state index >= 15 is 0 Å². The van der Waals surface area contributed by atoms with Crippen molar-refractivity contribution in [2.75, 3.05) is 18.5 Å². The summed E-state index contributed by atoms with van der Waals surface area (Å²) in [7, 11) is 0. The second kappa shape index (κ2) is 8.17. The van der Waals surface area contributed by atoms with Crippen LogP contribution in [0.2, 0.25) is 0 Å². The number of carbonyl (C=O) groups excluding carboxylic acids is 1. The number of aromatic nitrogens is 1. The van der Waals surface area contributed by atoms with Gasteiger partial charge in [0.15, 0.2) is 0 Å². The van der Waals surface area contributed by atoms with Gasteiger partial charge in [0, 0.05) is 12.2 Å². The Morgan fingerprint density at radius 2 is 1.83 bits per heavy atom. The van der Waals surface area contributed by atoms with Crippen molar-refractivity contribution in [1.82, 2.24) is 10.3 Å². The predicted octanol–water partition coefficient (Wildman–Crippen LogP) is 3.61. The minimum absolute atomic E-state index is 0.147. The lowest BCUT2D eigenvalue weighted by atomic mass is 10.2. The molecule has 0 radical (unpaired) electrons. The molecule has 0 atom stereocenters. The number of nitrogens with zero attached hydrogens (tertiary/aromatic N) is 1. The first kappa shape index (κ1) is 16.8. The van der Waals surface area contributed by atoms with Gasteiger partial charge >= 0.3 is 0 Å². The number of pyridine rings is 1. The Morgan fingerprint density at radius 1 is 1.13 bits per heavy atom. The number of hydrogen-bond donors (Lipinski definition) is 2. The maximum atomic E-state index is 11.9. The van der Waals surface area contributed by atoms with Crippen molar-refractivity contribution >= 4 is 17.3 Å². The fraction of sp³-hybridized carbons (Fsp3) is 0.333. The zero-order chi connectivity index (χ0) is 16.7. The fourth-order valence-electron chi connectivity index (χ4n) is 1.96. The monoisotopic (exact) mass is 313 g/mol. The van der Waals surface area contributed by atoms with E-state index in [0.717, 1.165) is 17.1 Å². The molecule has 0 aliphatic rings. The number of nitrogens with one attached hydrogen (secondary N) is 2. The van der Waals surface area contributed by atoms with E-state index in [-0.39, 0.29) is 5.91 Å². The van der Waals surface area contributed by atoms with E-state index in [4.69, 9.17) is 4.74 Å². The zero-order valence-corrected chi connectivity index (χ0v) is 13.8. The SMILES string of the molecule is CCOc1ccc(Nc2ccc(C(=O)NCC(C)C)nc2)cc1. The van der Waals surface area contributed by atoms with E-state index in [1.54, 1.807) is 12.3 Å². The van der Waals surface area contributed by atoms with Gasteiger partial charge in [-0.05, 0) is 49.2 Å². The minimum atomic E-state index is -0.147. The molecule has 1 amide bonds. The van der Waals surface area contributed by atoms with Crippen molar-refractivity contribution in [2.45, 2.75) is 20.8 Å². The standard InChI is InChI=1S/C18H23N3O2/c1-4-23-16-8-5-14(6-9-16)21-15-7-10-17(19-12-15)18(22)20-11-13(2)3/h5-10,12-13,21H,4,11H2,1-3H3,(H,20,22). The van der Waals surface area contributed by atoms with Gasteiger partial charge in [0.2, 0.25) is 0 Å². The third-order valence-corrected chi connectivity index (χ3v) is 3.12. The van der Waals surface area contributed by atoms with Crippen LogP contribution in [0.3, 0.4) is 0 Å². The molecule has 0 saturated heterocycles. The largest absolute Gasteiger partial charge is 0.494 e. The van der Waals surface area contributed by atoms with Crippen molar-refractivity contribution < 1.29 is 9.53 Å². The van der Waals surface area contributed by atoms with Crippen LogP contribution in [0.5, 0.6) is 5.75 Å². The molecule has 0 spiro atoms. The third-order valence-electron chi connectivity index (χ3n) is 3.12. The Morgan fingerprint density at radius 3 is 2.39 bits per heavy atom. The highest BCUT2D eigenvalue weighted by molar-refractivity contribution is 5.92. The summed E-state index contributed by atoms with van der Waals surface area (Å²) in [5.41, 5.74) is 2.18. The molecule has 2 N–H and O–H groups in total. The highest BCUT2D eigenvalue weighted by Crippen LogP contribution is 2.19. The molecule has 5 nitrogen and oxygen atoms in total. The van der Waals surface area contributed by atoms with E-state index in [0.29, 0.717) is 24.8 Å². The first-order chi connectivity index (χ1) is 11.1. The third kappa shape index (κ3) is 5.29. The highest BCUT2D eigenvalue weighted by atomic mass is 16.5. The number of amides is 1. The first-order valence-electron chi connectivity index (χ1n) is 7.82. The number of benzene rings is 1. The normalized spacial score (nSPS) is 10.4. The Hall–Kier alpha value is -2.56. The summed E-state index contributed by atoms with van der Waals surface area (Å²) >= 11 is 0. The molecule has 1 heterocycles. The van der Waals surface area contributed by atoms with Crippen LogP contribution in [0.4, 0.5) is 11.4 Å². The Balaban J connectivity index is 1.95. The molecule has 5 heteroatoms. The molecule has 1 aromatic carbocycles. The summed E-state index contributed by atoms with van der Waals surface area (Å²) < 4.78 is 5.41. The molecular formula is C18H23N3O2. The summed E-state index contributed by atoms with van der Waals surface area (Å²) in [4.78, 5) is 16.1. The number of carbonyl (C=O) groups is 1. The summed E-state index contributed by atoms with van der Waals surface area (Å²) in [6.45, 7) is 7.36. The molecule has 122 valence electrons. The zero-order valence-electron chi connectivity index (χ0n) is 13.8. The van der Waals surface area contributed by atoms with Gasteiger partial charge in [-0.25, -0.2) is 4.98 Å². The van der Waals surface area contributed by atoms with Crippen molar-refractivity contribution in [2.24, 2.45) is 5.92 Å². The van der Waals surface area contributed by atoms with Crippen LogP contribution >= 0.6 is 0 Å². The van der Waals surface area contributed by atoms with Crippen LogP contribution in [0.25, 0.3) is 0 Å². The number of rotatable bonds is 7. The smallest absolute Gasteiger partial charge is 0.269 e. The molecule has 0 bridgehead atoms. The average molecular weight is 313 g/mol. The van der Waals surface area contributed by atoms with Crippen molar-refractivity contribution in [1.29, 1.82) is 0 Å². The second-order valence-corrected chi connectivity index (χ2v) is 5.62. The Kier molecular flexibility index (Phi) is 5.97. The summed E-state index contributed by atoms with van der Waals surface area (Å²) in [6, 6.07) is 11.3. The summed E-state index contributed by atoms with van der Waals surface area (Å²) in [5, 5.41) is 6.09. The van der Waals surface area contributed by atoms with E-state index in [1.807, 2.05) is 37.3 Å². The van der Waals surface area contributed by atoms with Gasteiger partial charge in [0.25, 0.3) is 5.91 Å². The topological polar surface area (TPSA) is 63.2 Å². The molecule has 1 aromatic heterocycles. The highest BCUT2D eigenvalue weighted by Gasteiger charge is 2.07. The van der Waals surface area contributed by atoms with E-state index in [9.17, 15) is 4.79 Å². The summed E-state index contributed by atoms with van der Waals surface area (Å²) in [5.74, 6) is 1.11. The lowest BCUT2D eigenvalue weighted by molar-refractivity contribution is 0.0944. The predicted molar refractivity (Wildman–Crippen MR) is 92.3 cm³/mol. The fourth-order valence-corrected chi connectivity index (χ4v) is 1.96. The minimum Gasteiger partial charge on any atom is -0.494 e. The maximum Gasteiger partial charge on any atom is 0.269 e.